The van der Waals surface area contributed by atoms with E-state index in [9.17, 15) is 14.3 Å². The van der Waals surface area contributed by atoms with Crippen molar-refractivity contribution in [2.45, 2.75) is 13.0 Å². The van der Waals surface area contributed by atoms with Crippen molar-refractivity contribution in [3.8, 4) is 5.75 Å². The summed E-state index contributed by atoms with van der Waals surface area (Å²) in [6, 6.07) is 19.9. The van der Waals surface area contributed by atoms with E-state index >= 15 is 0 Å². The van der Waals surface area contributed by atoms with Gasteiger partial charge in [0.05, 0.1) is 13.2 Å². The molecule has 4 nitrogen and oxygen atoms in total. The Hall–Kier alpha value is -3.60. The number of carbonyl (C=O) groups is 1. The van der Waals surface area contributed by atoms with Gasteiger partial charge in [0.25, 0.3) is 5.91 Å². The number of nitrogens with zero attached hydrogens (tertiary/aromatic N) is 1. The summed E-state index contributed by atoms with van der Waals surface area (Å²) < 4.78 is 20.0. The zero-order chi connectivity index (χ0) is 20.5. The number of amides is 1. The molecule has 1 heterocycles. The molecule has 29 heavy (non-hydrogen) atoms. The van der Waals surface area contributed by atoms with Gasteiger partial charge in [0.1, 0.15) is 11.6 Å². The lowest BCUT2D eigenvalue weighted by atomic mass is 9.93. The Morgan fingerprint density at radius 1 is 0.966 bits per heavy atom. The predicted octanol–water partition coefficient (Wildman–Crippen LogP) is 5.20. The van der Waals surface area contributed by atoms with Crippen molar-refractivity contribution in [3.63, 3.8) is 0 Å². The summed E-state index contributed by atoms with van der Waals surface area (Å²) in [5.74, 6) is -0.740. The first-order valence-corrected chi connectivity index (χ1v) is 9.23. The van der Waals surface area contributed by atoms with Crippen molar-refractivity contribution in [1.82, 2.24) is 0 Å². The largest absolute Gasteiger partial charge is 0.503 e. The predicted molar refractivity (Wildman–Crippen MR) is 110 cm³/mol. The minimum atomic E-state index is -0.792. The number of benzene rings is 3. The smallest absolute Gasteiger partial charge is 0.294 e. The minimum Gasteiger partial charge on any atom is -0.503 e. The van der Waals surface area contributed by atoms with Crippen LogP contribution in [-0.2, 0) is 4.79 Å². The summed E-state index contributed by atoms with van der Waals surface area (Å²) in [5.41, 5.74) is 2.93. The Morgan fingerprint density at radius 3 is 2.24 bits per heavy atom. The fraction of sp³-hybridized carbons (Fsp3) is 0.125. The topological polar surface area (TPSA) is 49.8 Å². The van der Waals surface area contributed by atoms with Crippen LogP contribution < -0.4 is 9.64 Å². The van der Waals surface area contributed by atoms with Gasteiger partial charge < -0.3 is 9.84 Å². The van der Waals surface area contributed by atoms with Crippen molar-refractivity contribution in [2.75, 3.05) is 12.0 Å². The Bertz CT molecular complexity index is 1090. The second-order valence-corrected chi connectivity index (χ2v) is 6.93. The van der Waals surface area contributed by atoms with E-state index in [1.54, 1.807) is 61.7 Å². The number of anilines is 1. The maximum atomic E-state index is 14.8. The molecule has 1 aliphatic heterocycles. The maximum absolute atomic E-state index is 14.8. The molecule has 4 rings (SSSR count). The lowest BCUT2D eigenvalue weighted by molar-refractivity contribution is -0.117. The average Bonchev–Trinajstić information content (AvgIpc) is 3.00. The molecule has 3 aromatic carbocycles. The summed E-state index contributed by atoms with van der Waals surface area (Å²) in [7, 11) is 1.56. The quantitative estimate of drug-likeness (QED) is 0.667. The van der Waals surface area contributed by atoms with Crippen molar-refractivity contribution in [2.24, 2.45) is 0 Å². The number of halogens is 1. The van der Waals surface area contributed by atoms with E-state index in [1.807, 2.05) is 19.1 Å². The number of carbonyl (C=O) groups excluding carboxylic acids is 1. The third-order valence-corrected chi connectivity index (χ3v) is 5.12. The summed E-state index contributed by atoms with van der Waals surface area (Å²) in [6.45, 7) is 1.95. The van der Waals surface area contributed by atoms with Gasteiger partial charge in [-0.3, -0.25) is 9.69 Å². The maximum Gasteiger partial charge on any atom is 0.294 e. The van der Waals surface area contributed by atoms with Crippen LogP contribution in [0, 0.1) is 12.7 Å². The van der Waals surface area contributed by atoms with Gasteiger partial charge in [-0.2, -0.15) is 0 Å². The van der Waals surface area contributed by atoms with Gasteiger partial charge in [0.2, 0.25) is 0 Å². The Balaban J connectivity index is 1.91. The zero-order valence-corrected chi connectivity index (χ0v) is 16.1. The van der Waals surface area contributed by atoms with E-state index in [2.05, 4.69) is 0 Å². The highest BCUT2D eigenvalue weighted by Crippen LogP contribution is 2.46. The van der Waals surface area contributed by atoms with E-state index < -0.39 is 17.8 Å². The van der Waals surface area contributed by atoms with Gasteiger partial charge in [-0.1, -0.05) is 48.0 Å². The number of aliphatic hydroxyl groups is 1. The molecule has 0 radical (unpaired) electrons. The molecule has 0 aromatic heterocycles. The minimum absolute atomic E-state index is 0.316. The highest BCUT2D eigenvalue weighted by atomic mass is 19.1. The van der Waals surface area contributed by atoms with Crippen molar-refractivity contribution in [3.05, 3.63) is 101 Å². The molecule has 1 N–H and O–H groups in total. The molecule has 146 valence electrons. The molecular weight excluding hydrogens is 369 g/mol. The summed E-state index contributed by atoms with van der Waals surface area (Å²) in [4.78, 5) is 14.5. The van der Waals surface area contributed by atoms with Gasteiger partial charge in [-0.25, -0.2) is 4.39 Å². The molecule has 0 saturated carbocycles. The first kappa shape index (κ1) is 18.7. The van der Waals surface area contributed by atoms with E-state index in [0.29, 0.717) is 28.1 Å². The second kappa shape index (κ2) is 7.43. The number of hydrogen-bond acceptors (Lipinski definition) is 3. The lowest BCUT2D eigenvalue weighted by Gasteiger charge is -2.28. The first-order chi connectivity index (χ1) is 14.0. The molecule has 3 aromatic rings. The number of methoxy groups -OCH3 is 1. The highest BCUT2D eigenvalue weighted by Gasteiger charge is 2.42. The molecule has 0 saturated heterocycles. The molecular formula is C24H20FNO3. The van der Waals surface area contributed by atoms with Gasteiger partial charge in [0, 0.05) is 16.8 Å². The van der Waals surface area contributed by atoms with Crippen LogP contribution in [0.4, 0.5) is 10.1 Å². The third-order valence-electron chi connectivity index (χ3n) is 5.12. The van der Waals surface area contributed by atoms with Crippen LogP contribution in [0.25, 0.3) is 5.57 Å². The summed E-state index contributed by atoms with van der Waals surface area (Å²) in [5, 5.41) is 10.8. The normalized spacial score (nSPS) is 16.4. The molecule has 0 spiro atoms. The fourth-order valence-corrected chi connectivity index (χ4v) is 3.63. The molecule has 0 unspecified atom stereocenters. The number of rotatable bonds is 4. The summed E-state index contributed by atoms with van der Waals surface area (Å²) in [6.07, 6.45) is 0. The number of aryl methyl sites for hydroxylation is 1. The van der Waals surface area contributed by atoms with E-state index in [0.717, 1.165) is 5.56 Å². The average molecular weight is 389 g/mol. The van der Waals surface area contributed by atoms with Crippen LogP contribution in [-0.4, -0.2) is 18.1 Å². The van der Waals surface area contributed by atoms with Crippen LogP contribution in [0.3, 0.4) is 0 Å². The van der Waals surface area contributed by atoms with E-state index in [-0.39, 0.29) is 5.76 Å². The van der Waals surface area contributed by atoms with E-state index in [1.165, 1.54) is 11.0 Å². The SMILES string of the molecule is COc1ccc(C2=C(O)C(=O)N(c3ccc(C)cc3)[C@H]2c2ccccc2F)cc1. The van der Waals surface area contributed by atoms with Gasteiger partial charge in [-0.15, -0.1) is 0 Å². The van der Waals surface area contributed by atoms with Crippen LogP contribution in [0.2, 0.25) is 0 Å². The Kier molecular flexibility index (Phi) is 4.80. The molecule has 1 amide bonds. The second-order valence-electron chi connectivity index (χ2n) is 6.93. The van der Waals surface area contributed by atoms with Crippen molar-refractivity contribution in [1.29, 1.82) is 0 Å². The van der Waals surface area contributed by atoms with Gasteiger partial charge >= 0.3 is 0 Å². The van der Waals surface area contributed by atoms with Crippen molar-refractivity contribution >= 4 is 17.2 Å². The highest BCUT2D eigenvalue weighted by molar-refractivity contribution is 6.16. The van der Waals surface area contributed by atoms with Crippen LogP contribution in [0.1, 0.15) is 22.7 Å². The monoisotopic (exact) mass is 389 g/mol. The number of aliphatic hydroxyl groups excluding tert-OH is 1. The lowest BCUT2D eigenvalue weighted by Crippen LogP contribution is -2.30. The molecule has 1 atom stereocenters. The number of ether oxygens (including phenoxy) is 1. The Morgan fingerprint density at radius 2 is 1.62 bits per heavy atom. The molecule has 0 aliphatic carbocycles. The molecule has 5 heteroatoms. The van der Waals surface area contributed by atoms with E-state index in [4.69, 9.17) is 4.74 Å². The van der Waals surface area contributed by atoms with Crippen molar-refractivity contribution < 1.29 is 19.0 Å². The number of hydrogen-bond donors (Lipinski definition) is 1. The molecule has 1 aliphatic rings. The molecule has 0 fully saturated rings. The van der Waals surface area contributed by atoms with Crippen LogP contribution >= 0.6 is 0 Å². The van der Waals surface area contributed by atoms with Gasteiger partial charge in [0.15, 0.2) is 5.76 Å². The van der Waals surface area contributed by atoms with Crippen LogP contribution in [0.5, 0.6) is 5.75 Å². The fourth-order valence-electron chi connectivity index (χ4n) is 3.63. The Labute approximate surface area is 168 Å². The van der Waals surface area contributed by atoms with Crippen LogP contribution in [0.15, 0.2) is 78.6 Å². The standard InChI is InChI=1S/C24H20FNO3/c1-15-7-11-17(12-8-15)26-22(19-5-3-4-6-20(19)25)21(23(27)24(26)28)16-9-13-18(29-2)14-10-16/h3-14,22,27H,1-2H3/t22-/m0/s1. The van der Waals surface area contributed by atoms with Gasteiger partial charge in [-0.05, 0) is 42.8 Å². The summed E-state index contributed by atoms with van der Waals surface area (Å²) >= 11 is 0. The third kappa shape index (κ3) is 3.25. The zero-order valence-electron chi connectivity index (χ0n) is 16.1. The first-order valence-electron chi connectivity index (χ1n) is 9.23. The molecule has 0 bridgehead atoms.